The number of amides is 1. The van der Waals surface area contributed by atoms with E-state index >= 15 is 0 Å². The summed E-state index contributed by atoms with van der Waals surface area (Å²) in [5, 5.41) is 3.37. The molecule has 0 aliphatic heterocycles. The van der Waals surface area contributed by atoms with Crippen LogP contribution in [0.25, 0.3) is 10.2 Å². The van der Waals surface area contributed by atoms with Crippen LogP contribution in [0.4, 0.5) is 18.3 Å². The van der Waals surface area contributed by atoms with Gasteiger partial charge < -0.3 is 10.2 Å². The van der Waals surface area contributed by atoms with Crippen molar-refractivity contribution in [2.75, 3.05) is 18.5 Å². The molecule has 0 spiro atoms. The number of nitrogens with zero attached hydrogens (tertiary/aromatic N) is 2. The Morgan fingerprint density at radius 1 is 1.38 bits per heavy atom. The molecule has 0 atom stereocenters. The highest BCUT2D eigenvalue weighted by Crippen LogP contribution is 2.38. The molecule has 1 aliphatic carbocycles. The Morgan fingerprint density at radius 3 is 2.75 bits per heavy atom. The minimum atomic E-state index is -4.44. The molecule has 2 aromatic rings. The second kappa shape index (κ2) is 6.58. The summed E-state index contributed by atoms with van der Waals surface area (Å²) in [5.41, 5.74) is -0.806. The summed E-state index contributed by atoms with van der Waals surface area (Å²) in [6.45, 7) is 0.0810. The number of alkyl halides is 3. The van der Waals surface area contributed by atoms with Gasteiger partial charge in [-0.05, 0) is 25.0 Å². The van der Waals surface area contributed by atoms with Crippen molar-refractivity contribution in [1.82, 2.24) is 10.3 Å². The molecular formula is C16H18F3N3OS. The van der Waals surface area contributed by atoms with Crippen molar-refractivity contribution in [3.8, 4) is 0 Å². The molecule has 0 unspecified atom stereocenters. The van der Waals surface area contributed by atoms with E-state index < -0.39 is 11.7 Å². The smallest absolute Gasteiger partial charge is 0.352 e. The second-order valence-electron chi connectivity index (χ2n) is 6.05. The van der Waals surface area contributed by atoms with E-state index in [1.807, 2.05) is 0 Å². The summed E-state index contributed by atoms with van der Waals surface area (Å²) >= 11 is 1.16. The Kier molecular flexibility index (Phi) is 4.67. The Balaban J connectivity index is 1.75. The number of hydrogen-bond donors (Lipinski definition) is 1. The van der Waals surface area contributed by atoms with Crippen LogP contribution < -0.4 is 10.2 Å². The molecule has 1 aromatic carbocycles. The highest BCUT2D eigenvalue weighted by atomic mass is 32.1. The summed E-state index contributed by atoms with van der Waals surface area (Å²) in [5.74, 6) is -0.125. The van der Waals surface area contributed by atoms with Gasteiger partial charge in [-0.3, -0.25) is 4.79 Å². The van der Waals surface area contributed by atoms with E-state index in [-0.39, 0.29) is 24.0 Å². The number of nitrogens with one attached hydrogen (secondary N) is 1. The van der Waals surface area contributed by atoms with Gasteiger partial charge >= 0.3 is 6.18 Å². The predicted octanol–water partition coefficient (Wildman–Crippen LogP) is 3.81. The molecule has 4 nitrogen and oxygen atoms in total. The fourth-order valence-corrected chi connectivity index (χ4v) is 3.91. The second-order valence-corrected chi connectivity index (χ2v) is 7.06. The van der Waals surface area contributed by atoms with Gasteiger partial charge in [0, 0.05) is 13.1 Å². The van der Waals surface area contributed by atoms with Crippen molar-refractivity contribution < 1.29 is 18.0 Å². The van der Waals surface area contributed by atoms with Crippen LogP contribution in [0.2, 0.25) is 0 Å². The number of halogens is 3. The number of likely N-dealkylation sites (N-methyl/N-ethyl adjacent to an activating group) is 1. The highest BCUT2D eigenvalue weighted by Gasteiger charge is 2.34. The quantitative estimate of drug-likeness (QED) is 0.905. The van der Waals surface area contributed by atoms with Gasteiger partial charge in [0.05, 0.1) is 22.3 Å². The van der Waals surface area contributed by atoms with Gasteiger partial charge in [0.25, 0.3) is 0 Å². The molecule has 1 aliphatic rings. The van der Waals surface area contributed by atoms with Crippen LogP contribution in [0.15, 0.2) is 18.2 Å². The third-order valence-electron chi connectivity index (χ3n) is 4.14. The molecule has 3 rings (SSSR count). The van der Waals surface area contributed by atoms with Crippen LogP contribution in [0, 0.1) is 0 Å². The zero-order valence-corrected chi connectivity index (χ0v) is 14.0. The summed E-state index contributed by atoms with van der Waals surface area (Å²) in [6, 6.07) is 4.23. The topological polar surface area (TPSA) is 45.2 Å². The Labute approximate surface area is 141 Å². The van der Waals surface area contributed by atoms with Gasteiger partial charge in [-0.15, -0.1) is 0 Å². The number of carbonyl (C=O) groups excluding carboxylic acids is 1. The first-order valence-corrected chi connectivity index (χ1v) is 8.63. The Morgan fingerprint density at radius 2 is 2.08 bits per heavy atom. The first kappa shape index (κ1) is 17.0. The van der Waals surface area contributed by atoms with Crippen molar-refractivity contribution in [1.29, 1.82) is 0 Å². The van der Waals surface area contributed by atoms with Crippen molar-refractivity contribution in [3.05, 3.63) is 23.8 Å². The van der Waals surface area contributed by atoms with Crippen LogP contribution in [0.5, 0.6) is 0 Å². The molecule has 0 bridgehead atoms. The Hall–Kier alpha value is -1.83. The normalized spacial score (nSPS) is 15.8. The van der Waals surface area contributed by atoms with E-state index in [4.69, 9.17) is 0 Å². The third kappa shape index (κ3) is 3.63. The van der Waals surface area contributed by atoms with Crippen LogP contribution in [-0.2, 0) is 11.0 Å². The summed E-state index contributed by atoms with van der Waals surface area (Å²) in [4.78, 5) is 17.8. The number of fused-ring (bicyclic) bond motifs is 1. The minimum Gasteiger partial charge on any atom is -0.352 e. The lowest BCUT2D eigenvalue weighted by Gasteiger charge is -2.17. The van der Waals surface area contributed by atoms with Gasteiger partial charge in [-0.25, -0.2) is 4.98 Å². The fraction of sp³-hybridized carbons (Fsp3) is 0.500. The Bertz CT molecular complexity index is 738. The van der Waals surface area contributed by atoms with Gasteiger partial charge in [0.15, 0.2) is 5.13 Å². The molecule has 0 radical (unpaired) electrons. The fourth-order valence-electron chi connectivity index (χ4n) is 2.96. The zero-order valence-electron chi connectivity index (χ0n) is 13.2. The first-order chi connectivity index (χ1) is 11.3. The first-order valence-electron chi connectivity index (χ1n) is 7.82. The number of para-hydroxylation sites is 1. The molecule has 1 aromatic heterocycles. The third-order valence-corrected chi connectivity index (χ3v) is 5.28. The van der Waals surface area contributed by atoms with E-state index in [0.717, 1.165) is 43.1 Å². The minimum absolute atomic E-state index is 0.0620. The highest BCUT2D eigenvalue weighted by molar-refractivity contribution is 7.22. The number of thiazole rings is 1. The molecular weight excluding hydrogens is 339 g/mol. The van der Waals surface area contributed by atoms with Crippen molar-refractivity contribution in [2.45, 2.75) is 37.9 Å². The molecule has 1 N–H and O–H groups in total. The maximum atomic E-state index is 13.1. The summed E-state index contributed by atoms with van der Waals surface area (Å²) in [7, 11) is 1.67. The molecule has 1 saturated carbocycles. The zero-order chi connectivity index (χ0) is 17.3. The van der Waals surface area contributed by atoms with E-state index in [1.54, 1.807) is 18.0 Å². The van der Waals surface area contributed by atoms with Crippen LogP contribution >= 0.6 is 11.3 Å². The molecule has 130 valence electrons. The summed E-state index contributed by atoms with van der Waals surface area (Å²) in [6.07, 6.45) is -0.210. The molecule has 1 amide bonds. The number of benzene rings is 1. The van der Waals surface area contributed by atoms with Gasteiger partial charge in [0.2, 0.25) is 5.91 Å². The standard InChI is InChI=1S/C16H18F3N3OS/c1-22(9-13(23)20-10-5-2-3-6-10)15-21-14-11(16(17,18)19)7-4-8-12(14)24-15/h4,7-8,10H,2-3,5-6,9H2,1H3,(H,20,23). The molecule has 1 heterocycles. The van der Waals surface area contributed by atoms with E-state index in [0.29, 0.717) is 9.83 Å². The van der Waals surface area contributed by atoms with Crippen molar-refractivity contribution in [3.63, 3.8) is 0 Å². The predicted molar refractivity (Wildman–Crippen MR) is 88.3 cm³/mol. The molecule has 0 saturated heterocycles. The van der Waals surface area contributed by atoms with Crippen molar-refractivity contribution in [2.24, 2.45) is 0 Å². The molecule has 8 heteroatoms. The van der Waals surface area contributed by atoms with E-state index in [2.05, 4.69) is 10.3 Å². The number of anilines is 1. The average molecular weight is 357 g/mol. The maximum Gasteiger partial charge on any atom is 0.418 e. The van der Waals surface area contributed by atoms with Crippen LogP contribution in [0.1, 0.15) is 31.2 Å². The van der Waals surface area contributed by atoms with Gasteiger partial charge in [-0.2, -0.15) is 13.2 Å². The lowest BCUT2D eigenvalue weighted by Crippen LogP contribution is -2.39. The van der Waals surface area contributed by atoms with Crippen LogP contribution in [-0.4, -0.2) is 30.5 Å². The van der Waals surface area contributed by atoms with Crippen LogP contribution in [0.3, 0.4) is 0 Å². The lowest BCUT2D eigenvalue weighted by molar-refractivity contribution is -0.136. The maximum absolute atomic E-state index is 13.1. The van der Waals surface area contributed by atoms with E-state index in [9.17, 15) is 18.0 Å². The van der Waals surface area contributed by atoms with E-state index in [1.165, 1.54) is 6.07 Å². The largest absolute Gasteiger partial charge is 0.418 e. The van der Waals surface area contributed by atoms with Gasteiger partial charge in [0.1, 0.15) is 0 Å². The lowest BCUT2D eigenvalue weighted by atomic mass is 10.2. The SMILES string of the molecule is CN(CC(=O)NC1CCCC1)c1nc2c(C(F)(F)F)cccc2s1. The molecule has 24 heavy (non-hydrogen) atoms. The number of hydrogen-bond acceptors (Lipinski definition) is 4. The monoisotopic (exact) mass is 357 g/mol. The number of rotatable bonds is 4. The van der Waals surface area contributed by atoms with Gasteiger partial charge in [-0.1, -0.05) is 30.2 Å². The number of carbonyl (C=O) groups is 1. The molecule has 1 fully saturated rings. The van der Waals surface area contributed by atoms with Crippen molar-refractivity contribution >= 4 is 32.6 Å². The summed E-state index contributed by atoms with van der Waals surface area (Å²) < 4.78 is 39.6. The average Bonchev–Trinajstić information content (AvgIpc) is 3.13. The number of aromatic nitrogens is 1.